The summed E-state index contributed by atoms with van der Waals surface area (Å²) in [7, 11) is 0. The van der Waals surface area contributed by atoms with E-state index in [4.69, 9.17) is 0 Å². The van der Waals surface area contributed by atoms with Gasteiger partial charge in [-0.2, -0.15) is 0 Å². The second-order valence-electron chi connectivity index (χ2n) is 6.76. The van der Waals surface area contributed by atoms with E-state index in [9.17, 15) is 9.50 Å². The molecule has 0 saturated carbocycles. The standard InChI is InChI=1S/C21H26FNO.ClH/c1-2-21(24,18-10-12-19(22)13-11-18)20(16-23-14-6-7-15-23)17-8-4-3-5-9-17;/h3-5,8-13,20,24H,2,6-7,14-16H2,1H3;1H. The largest absolute Gasteiger partial charge is 0.384 e. The average molecular weight is 364 g/mol. The van der Waals surface area contributed by atoms with Crippen molar-refractivity contribution in [1.29, 1.82) is 0 Å². The van der Waals surface area contributed by atoms with E-state index in [1.54, 1.807) is 12.1 Å². The first-order valence-electron chi connectivity index (χ1n) is 8.89. The Hall–Kier alpha value is -1.42. The topological polar surface area (TPSA) is 23.5 Å². The first kappa shape index (κ1) is 19.9. The minimum absolute atomic E-state index is 0. The minimum Gasteiger partial charge on any atom is -0.384 e. The van der Waals surface area contributed by atoms with E-state index in [-0.39, 0.29) is 24.1 Å². The maximum atomic E-state index is 13.3. The minimum atomic E-state index is -1.00. The van der Waals surface area contributed by atoms with Gasteiger partial charge in [0, 0.05) is 12.5 Å². The molecule has 1 saturated heterocycles. The van der Waals surface area contributed by atoms with Crippen LogP contribution in [-0.4, -0.2) is 29.6 Å². The number of benzene rings is 2. The fraction of sp³-hybridized carbons (Fsp3) is 0.429. The second-order valence-corrected chi connectivity index (χ2v) is 6.76. The molecule has 1 N–H and O–H groups in total. The van der Waals surface area contributed by atoms with E-state index < -0.39 is 5.60 Å². The van der Waals surface area contributed by atoms with Crippen molar-refractivity contribution in [3.63, 3.8) is 0 Å². The summed E-state index contributed by atoms with van der Waals surface area (Å²) in [5.74, 6) is -0.305. The van der Waals surface area contributed by atoms with E-state index in [1.165, 1.54) is 25.0 Å². The van der Waals surface area contributed by atoms with Gasteiger partial charge >= 0.3 is 0 Å². The van der Waals surface area contributed by atoms with Crippen LogP contribution in [0.25, 0.3) is 0 Å². The van der Waals surface area contributed by atoms with Gasteiger partial charge in [0.15, 0.2) is 0 Å². The van der Waals surface area contributed by atoms with Crippen molar-refractivity contribution in [2.75, 3.05) is 19.6 Å². The molecule has 1 fully saturated rings. The molecular weight excluding hydrogens is 337 g/mol. The quantitative estimate of drug-likeness (QED) is 0.802. The predicted molar refractivity (Wildman–Crippen MR) is 103 cm³/mol. The maximum Gasteiger partial charge on any atom is 0.123 e. The molecule has 0 spiro atoms. The molecule has 2 atom stereocenters. The van der Waals surface area contributed by atoms with Gasteiger partial charge in [-0.3, -0.25) is 0 Å². The molecule has 2 nitrogen and oxygen atoms in total. The number of aliphatic hydroxyl groups is 1. The molecule has 0 radical (unpaired) electrons. The number of halogens is 2. The summed E-state index contributed by atoms with van der Waals surface area (Å²) in [4.78, 5) is 2.43. The lowest BCUT2D eigenvalue weighted by Crippen LogP contribution is -2.40. The normalized spacial score (nSPS) is 18.4. The zero-order valence-electron chi connectivity index (χ0n) is 14.7. The van der Waals surface area contributed by atoms with Crippen molar-refractivity contribution in [2.45, 2.75) is 37.7 Å². The van der Waals surface area contributed by atoms with Gasteiger partial charge in [-0.25, -0.2) is 4.39 Å². The molecule has 2 aromatic carbocycles. The van der Waals surface area contributed by atoms with E-state index in [1.807, 2.05) is 25.1 Å². The summed E-state index contributed by atoms with van der Waals surface area (Å²) < 4.78 is 13.3. The summed E-state index contributed by atoms with van der Waals surface area (Å²) in [5.41, 5.74) is 0.926. The Morgan fingerprint density at radius 3 is 2.20 bits per heavy atom. The first-order valence-corrected chi connectivity index (χ1v) is 8.89. The third-order valence-corrected chi connectivity index (χ3v) is 5.30. The molecule has 136 valence electrons. The smallest absolute Gasteiger partial charge is 0.123 e. The number of likely N-dealkylation sites (tertiary alicyclic amines) is 1. The third-order valence-electron chi connectivity index (χ3n) is 5.30. The Labute approximate surface area is 156 Å². The monoisotopic (exact) mass is 363 g/mol. The highest BCUT2D eigenvalue weighted by atomic mass is 35.5. The van der Waals surface area contributed by atoms with Gasteiger partial charge in [-0.05, 0) is 55.6 Å². The molecule has 0 bridgehead atoms. The molecule has 0 amide bonds. The van der Waals surface area contributed by atoms with Gasteiger partial charge in [-0.1, -0.05) is 49.4 Å². The van der Waals surface area contributed by atoms with Crippen LogP contribution >= 0.6 is 12.4 Å². The zero-order valence-corrected chi connectivity index (χ0v) is 15.5. The molecule has 1 heterocycles. The van der Waals surface area contributed by atoms with Crippen LogP contribution in [0.4, 0.5) is 4.39 Å². The molecule has 1 aliphatic rings. The van der Waals surface area contributed by atoms with Crippen LogP contribution in [-0.2, 0) is 5.60 Å². The Kier molecular flexibility index (Phi) is 7.00. The SMILES string of the molecule is CCC(O)(c1ccc(F)cc1)C(CN1CCCC1)c1ccccc1.Cl. The Morgan fingerprint density at radius 2 is 1.64 bits per heavy atom. The molecule has 4 heteroatoms. The fourth-order valence-corrected chi connectivity index (χ4v) is 3.83. The molecule has 2 aromatic rings. The molecule has 3 rings (SSSR count). The van der Waals surface area contributed by atoms with Gasteiger partial charge in [0.05, 0.1) is 5.60 Å². The highest BCUT2D eigenvalue weighted by Gasteiger charge is 2.39. The van der Waals surface area contributed by atoms with Gasteiger partial charge in [-0.15, -0.1) is 12.4 Å². The van der Waals surface area contributed by atoms with Crippen LogP contribution in [0.3, 0.4) is 0 Å². The van der Waals surface area contributed by atoms with Crippen LogP contribution in [0.5, 0.6) is 0 Å². The lowest BCUT2D eigenvalue weighted by molar-refractivity contribution is -0.00679. The van der Waals surface area contributed by atoms with E-state index in [0.717, 1.165) is 30.8 Å². The Morgan fingerprint density at radius 1 is 1.04 bits per heavy atom. The van der Waals surface area contributed by atoms with Crippen LogP contribution in [0.1, 0.15) is 43.2 Å². The van der Waals surface area contributed by atoms with E-state index >= 15 is 0 Å². The molecule has 0 aliphatic carbocycles. The van der Waals surface area contributed by atoms with Crippen molar-refractivity contribution in [3.05, 3.63) is 71.5 Å². The summed E-state index contributed by atoms with van der Waals surface area (Å²) in [6.07, 6.45) is 3.04. The number of nitrogens with zero attached hydrogens (tertiary/aromatic N) is 1. The maximum absolute atomic E-state index is 13.3. The predicted octanol–water partition coefficient (Wildman–Crippen LogP) is 4.72. The molecular formula is C21H27ClFNO. The van der Waals surface area contributed by atoms with Crippen molar-refractivity contribution < 1.29 is 9.50 Å². The summed E-state index contributed by atoms with van der Waals surface area (Å²) in [6, 6.07) is 16.5. The highest BCUT2D eigenvalue weighted by molar-refractivity contribution is 5.85. The number of hydrogen-bond donors (Lipinski definition) is 1. The fourth-order valence-electron chi connectivity index (χ4n) is 3.83. The van der Waals surface area contributed by atoms with Crippen LogP contribution in [0, 0.1) is 5.82 Å². The van der Waals surface area contributed by atoms with Gasteiger partial charge in [0.1, 0.15) is 5.82 Å². The van der Waals surface area contributed by atoms with Gasteiger partial charge < -0.3 is 10.0 Å². The summed E-state index contributed by atoms with van der Waals surface area (Å²) in [5, 5.41) is 11.6. The van der Waals surface area contributed by atoms with Crippen molar-refractivity contribution in [2.24, 2.45) is 0 Å². The number of hydrogen-bond acceptors (Lipinski definition) is 2. The van der Waals surface area contributed by atoms with Crippen molar-refractivity contribution in [1.82, 2.24) is 4.90 Å². The van der Waals surface area contributed by atoms with Crippen molar-refractivity contribution in [3.8, 4) is 0 Å². The van der Waals surface area contributed by atoms with Crippen LogP contribution < -0.4 is 0 Å². The lowest BCUT2D eigenvalue weighted by Gasteiger charge is -2.38. The average Bonchev–Trinajstić information content (AvgIpc) is 3.14. The molecule has 25 heavy (non-hydrogen) atoms. The second kappa shape index (κ2) is 8.79. The van der Waals surface area contributed by atoms with E-state index in [2.05, 4.69) is 17.0 Å². The highest BCUT2D eigenvalue weighted by Crippen LogP contribution is 2.40. The van der Waals surface area contributed by atoms with Crippen LogP contribution in [0.15, 0.2) is 54.6 Å². The van der Waals surface area contributed by atoms with Crippen molar-refractivity contribution >= 4 is 12.4 Å². The van der Waals surface area contributed by atoms with E-state index in [0.29, 0.717) is 6.42 Å². The van der Waals surface area contributed by atoms with Gasteiger partial charge in [0.2, 0.25) is 0 Å². The first-order chi connectivity index (χ1) is 11.6. The molecule has 2 unspecified atom stereocenters. The summed E-state index contributed by atoms with van der Waals surface area (Å²) >= 11 is 0. The molecule has 0 aromatic heterocycles. The Bertz CT molecular complexity index is 643. The summed E-state index contributed by atoms with van der Waals surface area (Å²) in [6.45, 7) is 5.01. The van der Waals surface area contributed by atoms with Crippen LogP contribution in [0.2, 0.25) is 0 Å². The zero-order chi connectivity index (χ0) is 17.0. The third kappa shape index (κ3) is 4.41. The lowest BCUT2D eigenvalue weighted by atomic mass is 9.75. The van der Waals surface area contributed by atoms with Gasteiger partial charge in [0.25, 0.3) is 0 Å². The molecule has 1 aliphatic heterocycles. The number of rotatable bonds is 6. The Balaban J connectivity index is 0.00000225.